The molecule has 2 heterocycles. The molecule has 5 atom stereocenters. The van der Waals surface area contributed by atoms with E-state index in [1.165, 1.54) is 12.8 Å². The van der Waals surface area contributed by atoms with Crippen LogP contribution in [0.15, 0.2) is 66.7 Å². The number of ketones is 1. The Morgan fingerprint density at radius 2 is 1.77 bits per heavy atom. The number of phosphoric acid groups is 1. The van der Waals surface area contributed by atoms with Crippen molar-refractivity contribution in [3.05, 3.63) is 83.4 Å². The molecule has 0 aromatic heterocycles. The maximum absolute atomic E-state index is 13.3. The Hall–Kier alpha value is -3.00. The van der Waals surface area contributed by atoms with Crippen molar-refractivity contribution in [2.75, 3.05) is 19.7 Å². The number of piperidine rings is 1. The molecule has 3 aromatic rings. The molecule has 3 aromatic carbocycles. The van der Waals surface area contributed by atoms with Crippen LogP contribution in [0.1, 0.15) is 55.2 Å². The van der Waals surface area contributed by atoms with Crippen LogP contribution in [0.25, 0.3) is 11.1 Å². The summed E-state index contributed by atoms with van der Waals surface area (Å²) in [6.45, 7) is 1.81. The van der Waals surface area contributed by atoms with Crippen LogP contribution in [0, 0.1) is 5.92 Å². The van der Waals surface area contributed by atoms with Gasteiger partial charge in [0.15, 0.2) is 23.4 Å². The summed E-state index contributed by atoms with van der Waals surface area (Å²) in [5.41, 5.74) is 3.24. The number of hydrogen-bond donors (Lipinski definition) is 2. The van der Waals surface area contributed by atoms with Gasteiger partial charge in [0.1, 0.15) is 0 Å². The van der Waals surface area contributed by atoms with Crippen LogP contribution in [0.5, 0.6) is 11.5 Å². The third-order valence-electron chi connectivity index (χ3n) is 10.7. The summed E-state index contributed by atoms with van der Waals surface area (Å²) < 4.78 is 30.5. The highest BCUT2D eigenvalue weighted by Gasteiger charge is 2.73. The van der Waals surface area contributed by atoms with Crippen molar-refractivity contribution in [2.24, 2.45) is 5.92 Å². The van der Waals surface area contributed by atoms with Crippen molar-refractivity contribution in [1.29, 1.82) is 0 Å². The average Bonchev–Trinajstić information content (AvgIpc) is 3.77. The second kappa shape index (κ2) is 10.5. The molecule has 9 heteroatoms. The minimum atomic E-state index is -4.48. The molecule has 1 saturated heterocycles. The van der Waals surface area contributed by atoms with E-state index in [2.05, 4.69) is 41.3 Å². The first-order valence-corrected chi connectivity index (χ1v) is 17.4. The lowest BCUT2D eigenvalue weighted by molar-refractivity contribution is -0.188. The number of benzene rings is 3. The van der Waals surface area contributed by atoms with Gasteiger partial charge in [0, 0.05) is 24.6 Å². The summed E-state index contributed by atoms with van der Waals surface area (Å²) in [6, 6.07) is 21.9. The Kier molecular flexibility index (Phi) is 6.82. The Labute approximate surface area is 257 Å². The van der Waals surface area contributed by atoms with E-state index in [-0.39, 0.29) is 30.6 Å². The van der Waals surface area contributed by atoms with Gasteiger partial charge in [-0.1, -0.05) is 60.7 Å². The summed E-state index contributed by atoms with van der Waals surface area (Å²) in [7, 11) is -4.48. The molecule has 2 saturated carbocycles. The highest BCUT2D eigenvalue weighted by atomic mass is 31.2. The second-order valence-corrected chi connectivity index (χ2v) is 14.6. The summed E-state index contributed by atoms with van der Waals surface area (Å²) >= 11 is 0. The fraction of sp³-hybridized carbons (Fsp3) is 0.457. The minimum absolute atomic E-state index is 0.0284. The quantitative estimate of drug-likeness (QED) is 0.224. The molecular weight excluding hydrogens is 577 g/mol. The molecule has 5 aliphatic rings. The van der Waals surface area contributed by atoms with Gasteiger partial charge in [0.25, 0.3) is 0 Å². The van der Waals surface area contributed by atoms with E-state index in [1.807, 2.05) is 24.3 Å². The normalized spacial score (nSPS) is 29.9. The summed E-state index contributed by atoms with van der Waals surface area (Å²) in [4.78, 5) is 26.4. The van der Waals surface area contributed by atoms with Gasteiger partial charge in [-0.05, 0) is 85.7 Å². The van der Waals surface area contributed by atoms with E-state index in [0.717, 1.165) is 40.9 Å². The molecule has 2 aliphatic heterocycles. The van der Waals surface area contributed by atoms with Crippen molar-refractivity contribution >= 4 is 13.6 Å². The van der Waals surface area contributed by atoms with Gasteiger partial charge < -0.3 is 14.4 Å². The van der Waals surface area contributed by atoms with Crippen molar-refractivity contribution in [3.8, 4) is 22.6 Å². The molecule has 0 radical (unpaired) electrons. The number of likely N-dealkylation sites (tertiary alicyclic amines) is 1. The first-order valence-electron chi connectivity index (χ1n) is 15.9. The second-order valence-electron chi connectivity index (χ2n) is 13.3. The van der Waals surface area contributed by atoms with Crippen LogP contribution in [-0.4, -0.2) is 58.1 Å². The topological polar surface area (TPSA) is 106 Å². The van der Waals surface area contributed by atoms with Gasteiger partial charge in [-0.3, -0.25) is 19.1 Å². The van der Waals surface area contributed by atoms with Crippen LogP contribution in [0.3, 0.4) is 0 Å². The van der Waals surface area contributed by atoms with Gasteiger partial charge in [0.05, 0.1) is 17.6 Å². The first-order chi connectivity index (χ1) is 21.3. The van der Waals surface area contributed by atoms with E-state index in [9.17, 15) is 19.4 Å². The number of ether oxygens (including phenoxy) is 1. The molecule has 8 nitrogen and oxygen atoms in total. The fourth-order valence-corrected chi connectivity index (χ4v) is 9.23. The number of nitrogens with zero attached hydrogens (tertiary/aromatic N) is 1. The first kappa shape index (κ1) is 28.5. The van der Waals surface area contributed by atoms with Gasteiger partial charge in [-0.25, -0.2) is 4.57 Å². The molecule has 3 aliphatic carbocycles. The molecular formula is C35H38NO7P. The molecule has 5 unspecified atom stereocenters. The maximum atomic E-state index is 13.3. The van der Waals surface area contributed by atoms with Crippen molar-refractivity contribution in [2.45, 2.75) is 74.5 Å². The largest absolute Gasteiger partial charge is 0.527 e. The molecule has 44 heavy (non-hydrogen) atoms. The third-order valence-corrected chi connectivity index (χ3v) is 11.6. The highest BCUT2D eigenvalue weighted by molar-refractivity contribution is 7.47. The van der Waals surface area contributed by atoms with E-state index in [1.54, 1.807) is 6.07 Å². The minimum Gasteiger partial charge on any atom is -0.477 e. The van der Waals surface area contributed by atoms with E-state index in [0.29, 0.717) is 43.8 Å². The number of hydrogen-bond acceptors (Lipinski definition) is 7. The summed E-state index contributed by atoms with van der Waals surface area (Å²) in [5.74, 6) is 1.06. The lowest BCUT2D eigenvalue weighted by Crippen LogP contribution is -2.76. The number of carbonyl (C=O) groups is 1. The van der Waals surface area contributed by atoms with Crippen molar-refractivity contribution in [3.63, 3.8) is 0 Å². The number of aliphatic hydroxyl groups is 1. The molecule has 2 bridgehead atoms. The Balaban J connectivity index is 0.976. The van der Waals surface area contributed by atoms with Crippen LogP contribution < -0.4 is 9.26 Å². The molecule has 0 amide bonds. The zero-order valence-electron chi connectivity index (χ0n) is 24.7. The average molecular weight is 616 g/mol. The lowest BCUT2D eigenvalue weighted by atomic mass is 9.49. The van der Waals surface area contributed by atoms with E-state index in [4.69, 9.17) is 13.8 Å². The zero-order valence-corrected chi connectivity index (χ0v) is 25.6. The Morgan fingerprint density at radius 3 is 2.55 bits per heavy atom. The SMILES string of the molecule is O=C1CCC2(O)C3Cc4ccc(OP(=O)(O)OCCCc5ccc(-c6ccccc6)cc5)c5c4C2(CCN3CC2CC2)C1O5. The highest BCUT2D eigenvalue weighted by Crippen LogP contribution is 2.66. The molecule has 8 rings (SSSR count). The zero-order chi connectivity index (χ0) is 30.1. The van der Waals surface area contributed by atoms with Crippen LogP contribution in [0.2, 0.25) is 0 Å². The number of carbonyl (C=O) groups excluding carboxylic acids is 1. The predicted octanol–water partition coefficient (Wildman–Crippen LogP) is 5.62. The van der Waals surface area contributed by atoms with Gasteiger partial charge in [0.2, 0.25) is 0 Å². The molecule has 3 fully saturated rings. The van der Waals surface area contributed by atoms with Crippen LogP contribution >= 0.6 is 7.82 Å². The Morgan fingerprint density at radius 1 is 1.00 bits per heavy atom. The monoisotopic (exact) mass is 615 g/mol. The molecule has 2 N–H and O–H groups in total. The summed E-state index contributed by atoms with van der Waals surface area (Å²) in [6.07, 6.45) is 4.80. The van der Waals surface area contributed by atoms with Gasteiger partial charge in [-0.15, -0.1) is 0 Å². The maximum Gasteiger partial charge on any atom is 0.527 e. The molecule has 1 spiro atoms. The number of Topliss-reactive ketones (excluding diaryl/α,β-unsaturated/α-hetero) is 1. The number of aryl methyl sites for hydroxylation is 1. The summed E-state index contributed by atoms with van der Waals surface area (Å²) in [5, 5.41) is 12.4. The smallest absolute Gasteiger partial charge is 0.477 e. The molecule has 230 valence electrons. The van der Waals surface area contributed by atoms with Crippen LogP contribution in [0.4, 0.5) is 0 Å². The standard InChI is InChI=1S/C35H38NO7P/c37-28-16-17-35(38)30-21-27-14-15-29(32-31(27)34(35,33(28)42-32)18-19-36(30)22-24-8-9-24)43-44(39,40)41-20-4-5-23-10-12-26(13-11-23)25-6-2-1-3-7-25/h1-3,6-7,10-15,24,30,33,38H,4-5,8-9,16-22H2,(H,39,40). The number of rotatable bonds is 10. The van der Waals surface area contributed by atoms with Crippen molar-refractivity contribution < 1.29 is 33.1 Å². The fourth-order valence-electron chi connectivity index (χ4n) is 8.43. The predicted molar refractivity (Wildman–Crippen MR) is 165 cm³/mol. The third kappa shape index (κ3) is 4.57. The Bertz CT molecular complexity index is 1640. The van der Waals surface area contributed by atoms with Crippen molar-refractivity contribution in [1.82, 2.24) is 4.90 Å². The van der Waals surface area contributed by atoms with Crippen LogP contribution in [-0.2, 0) is 32.1 Å². The number of phosphoric ester groups is 1. The van der Waals surface area contributed by atoms with Gasteiger partial charge in [-0.2, -0.15) is 0 Å². The van der Waals surface area contributed by atoms with E-state index >= 15 is 0 Å². The van der Waals surface area contributed by atoms with Gasteiger partial charge >= 0.3 is 7.82 Å². The van der Waals surface area contributed by atoms with E-state index < -0.39 is 24.9 Å². The lowest BCUT2D eigenvalue weighted by Gasteiger charge is -2.62.